The molecule has 0 spiro atoms. The molecule has 0 saturated heterocycles. The number of benzene rings is 3. The third-order valence-corrected chi connectivity index (χ3v) is 11.1. The van der Waals surface area contributed by atoms with Gasteiger partial charge in [-0.1, -0.05) is 123 Å². The van der Waals surface area contributed by atoms with Crippen LogP contribution in [0.2, 0.25) is 0 Å². The molecule has 3 nitrogen and oxygen atoms in total. The van der Waals surface area contributed by atoms with E-state index < -0.39 is 16.5 Å². The predicted molar refractivity (Wildman–Crippen MR) is 175 cm³/mol. The van der Waals surface area contributed by atoms with Crippen LogP contribution in [0.4, 0.5) is 4.79 Å². The quantitative estimate of drug-likeness (QED) is 0.184. The van der Waals surface area contributed by atoms with E-state index in [0.717, 1.165) is 91.7 Å². The molecule has 4 heteroatoms. The molecule has 0 saturated carbocycles. The van der Waals surface area contributed by atoms with Crippen molar-refractivity contribution in [1.82, 2.24) is 0 Å². The van der Waals surface area contributed by atoms with Gasteiger partial charge < -0.3 is 9.29 Å². The monoisotopic (exact) mass is 576 g/mol. The summed E-state index contributed by atoms with van der Waals surface area (Å²) in [5, 5.41) is 10.6. The van der Waals surface area contributed by atoms with E-state index in [1.165, 1.54) is 33.4 Å². The van der Waals surface area contributed by atoms with Gasteiger partial charge in [0.1, 0.15) is 0 Å². The molecule has 41 heavy (non-hydrogen) atoms. The summed E-state index contributed by atoms with van der Waals surface area (Å²) in [6, 6.07) is 19.8. The molecule has 0 aliphatic rings. The summed E-state index contributed by atoms with van der Waals surface area (Å²) in [7, 11) is -2.61. The lowest BCUT2D eigenvalue weighted by Gasteiger charge is -2.44. The number of rotatable bonds is 16. The Morgan fingerprint density at radius 3 is 1.22 bits per heavy atom. The van der Waals surface area contributed by atoms with Gasteiger partial charge in [-0.15, -0.1) is 0 Å². The number of carboxylic acid groups (broad SMARTS) is 1. The standard InChI is InChI=1S/C37H52O3S/c1-7-16-28-24-30(18-9-3)35(31(25-28)19-10-4)41(40-37(38)39,34-22-14-13-15-23-34)36-32(20-11-5)26-29(17-8-2)27-33(36)21-12-6/h13-15,22-27H,7-12,16-21H2,1-6H3,(H,38,39). The van der Waals surface area contributed by atoms with Crippen LogP contribution in [-0.4, -0.2) is 11.3 Å². The molecule has 0 heterocycles. The molecule has 0 aromatic heterocycles. The molecule has 3 aromatic rings. The lowest BCUT2D eigenvalue weighted by Crippen LogP contribution is -2.19. The second-order valence-corrected chi connectivity index (χ2v) is 13.8. The van der Waals surface area contributed by atoms with Gasteiger partial charge in [0.25, 0.3) is 0 Å². The molecule has 0 atom stereocenters. The van der Waals surface area contributed by atoms with Gasteiger partial charge in [0, 0.05) is 14.7 Å². The fourth-order valence-corrected chi connectivity index (χ4v) is 10.1. The van der Waals surface area contributed by atoms with Gasteiger partial charge in [0.2, 0.25) is 0 Å². The highest BCUT2D eigenvalue weighted by Crippen LogP contribution is 2.73. The molecule has 0 unspecified atom stereocenters. The first-order chi connectivity index (χ1) is 19.9. The minimum atomic E-state index is -2.61. The minimum Gasteiger partial charge on any atom is -0.449 e. The second-order valence-electron chi connectivity index (χ2n) is 11.2. The Balaban J connectivity index is 2.66. The number of hydrogen-bond donors (Lipinski definition) is 1. The van der Waals surface area contributed by atoms with Crippen molar-refractivity contribution in [3.63, 3.8) is 0 Å². The number of hydrogen-bond acceptors (Lipinski definition) is 2. The molecule has 0 amide bonds. The van der Waals surface area contributed by atoms with Gasteiger partial charge in [-0.05, 0) is 94.3 Å². The Morgan fingerprint density at radius 1 is 0.585 bits per heavy atom. The van der Waals surface area contributed by atoms with Crippen LogP contribution in [-0.2, 0) is 42.7 Å². The zero-order valence-electron chi connectivity index (χ0n) is 26.4. The molecule has 0 aliphatic heterocycles. The molecule has 0 radical (unpaired) electrons. The summed E-state index contributed by atoms with van der Waals surface area (Å²) in [6.07, 6.45) is 10.6. The van der Waals surface area contributed by atoms with Crippen molar-refractivity contribution in [1.29, 1.82) is 0 Å². The van der Waals surface area contributed by atoms with Gasteiger partial charge in [-0.25, -0.2) is 4.79 Å². The van der Waals surface area contributed by atoms with Crippen LogP contribution in [0, 0.1) is 0 Å². The summed E-state index contributed by atoms with van der Waals surface area (Å²) >= 11 is 0. The zero-order chi connectivity index (χ0) is 29.8. The maximum atomic E-state index is 12.9. The fraction of sp³-hybridized carbons (Fsp3) is 0.486. The lowest BCUT2D eigenvalue weighted by molar-refractivity contribution is 0.150. The predicted octanol–water partition coefficient (Wildman–Crippen LogP) is 11.3. The average molecular weight is 577 g/mol. The molecule has 224 valence electrons. The number of aryl methyl sites for hydroxylation is 6. The van der Waals surface area contributed by atoms with E-state index in [1.54, 1.807) is 0 Å². The van der Waals surface area contributed by atoms with Crippen LogP contribution >= 0.6 is 10.3 Å². The first-order valence-corrected chi connectivity index (χ1v) is 17.6. The Hall–Kier alpha value is -2.72. The summed E-state index contributed by atoms with van der Waals surface area (Å²) in [6.45, 7) is 13.3. The van der Waals surface area contributed by atoms with Gasteiger partial charge in [0.05, 0.1) is 0 Å². The Bertz CT molecular complexity index is 1140. The van der Waals surface area contributed by atoms with E-state index in [0.29, 0.717) is 0 Å². The molecule has 3 aromatic carbocycles. The van der Waals surface area contributed by atoms with E-state index >= 15 is 0 Å². The largest absolute Gasteiger partial charge is 0.517 e. The topological polar surface area (TPSA) is 46.5 Å². The van der Waals surface area contributed by atoms with Crippen molar-refractivity contribution in [2.24, 2.45) is 0 Å². The lowest BCUT2D eigenvalue weighted by atomic mass is 9.97. The van der Waals surface area contributed by atoms with E-state index in [9.17, 15) is 9.90 Å². The molecule has 0 fully saturated rings. The summed E-state index contributed by atoms with van der Waals surface area (Å²) < 4.78 is 6.54. The molecule has 3 rings (SSSR count). The summed E-state index contributed by atoms with van der Waals surface area (Å²) in [4.78, 5) is 16.2. The van der Waals surface area contributed by atoms with Crippen LogP contribution in [0.15, 0.2) is 69.3 Å². The van der Waals surface area contributed by atoms with Crippen molar-refractivity contribution < 1.29 is 14.1 Å². The van der Waals surface area contributed by atoms with E-state index in [2.05, 4.69) is 77.9 Å². The van der Waals surface area contributed by atoms with E-state index in [-0.39, 0.29) is 0 Å². The maximum absolute atomic E-state index is 12.9. The van der Waals surface area contributed by atoms with Crippen LogP contribution < -0.4 is 0 Å². The first kappa shape index (κ1) is 32.8. The van der Waals surface area contributed by atoms with Crippen LogP contribution in [0.5, 0.6) is 0 Å². The Labute approximate surface area is 251 Å². The zero-order valence-corrected chi connectivity index (χ0v) is 27.2. The fourth-order valence-electron chi connectivity index (χ4n) is 6.27. The van der Waals surface area contributed by atoms with Gasteiger partial charge in [-0.3, -0.25) is 0 Å². The van der Waals surface area contributed by atoms with Gasteiger partial charge in [-0.2, -0.15) is 0 Å². The van der Waals surface area contributed by atoms with Gasteiger partial charge in [0.15, 0.2) is 0 Å². The normalized spacial score (nSPS) is 12.0. The third kappa shape index (κ3) is 7.57. The Kier molecular flexibility index (Phi) is 12.8. The van der Waals surface area contributed by atoms with Crippen molar-refractivity contribution in [3.8, 4) is 0 Å². The van der Waals surface area contributed by atoms with Crippen molar-refractivity contribution >= 4 is 16.5 Å². The minimum absolute atomic E-state index is 0.897. The van der Waals surface area contributed by atoms with Crippen LogP contribution in [0.1, 0.15) is 113 Å². The van der Waals surface area contributed by atoms with Crippen molar-refractivity contribution in [2.45, 2.75) is 133 Å². The first-order valence-electron chi connectivity index (χ1n) is 16.0. The van der Waals surface area contributed by atoms with E-state index in [1.807, 2.05) is 18.2 Å². The second kappa shape index (κ2) is 16.1. The summed E-state index contributed by atoms with van der Waals surface area (Å²) in [5.74, 6) is 0. The highest BCUT2D eigenvalue weighted by Gasteiger charge is 2.42. The molecular formula is C37H52O3S. The van der Waals surface area contributed by atoms with Crippen LogP contribution in [0.25, 0.3) is 0 Å². The molecule has 0 aliphatic carbocycles. The summed E-state index contributed by atoms with van der Waals surface area (Å²) in [5.41, 5.74) is 7.71. The molecular weight excluding hydrogens is 524 g/mol. The number of carbonyl (C=O) groups is 1. The van der Waals surface area contributed by atoms with Gasteiger partial charge >= 0.3 is 6.16 Å². The highest BCUT2D eigenvalue weighted by molar-refractivity contribution is 8.30. The third-order valence-electron chi connectivity index (χ3n) is 7.61. The molecule has 1 N–H and O–H groups in total. The van der Waals surface area contributed by atoms with Crippen LogP contribution in [0.3, 0.4) is 0 Å². The highest BCUT2D eigenvalue weighted by atomic mass is 32.3. The smallest absolute Gasteiger partial charge is 0.449 e. The Morgan fingerprint density at radius 2 is 0.927 bits per heavy atom. The average Bonchev–Trinajstić information content (AvgIpc) is 2.94. The SMILES string of the molecule is CCCc1cc(CCC)c(S(OC(=O)O)(c2ccccc2)c2c(CCC)cc(CCC)cc2CCC)c(CCC)c1. The maximum Gasteiger partial charge on any atom is 0.517 e. The molecule has 0 bridgehead atoms. The van der Waals surface area contributed by atoms with E-state index in [4.69, 9.17) is 4.18 Å². The van der Waals surface area contributed by atoms with Crippen molar-refractivity contribution in [2.75, 3.05) is 0 Å². The van der Waals surface area contributed by atoms with Crippen molar-refractivity contribution in [3.05, 3.63) is 88.0 Å².